The lowest BCUT2D eigenvalue weighted by molar-refractivity contribution is -0.127. The van der Waals surface area contributed by atoms with E-state index in [1.54, 1.807) is 38.3 Å². The minimum atomic E-state index is -0.618. The molecular formula is C19H22FNO3. The normalized spacial score (nSPS) is 11.6. The molecule has 0 spiro atoms. The molecule has 5 heteroatoms. The van der Waals surface area contributed by atoms with Gasteiger partial charge in [-0.2, -0.15) is 0 Å². The van der Waals surface area contributed by atoms with E-state index in [9.17, 15) is 9.18 Å². The molecule has 1 N–H and O–H groups in total. The molecule has 0 saturated carbocycles. The van der Waals surface area contributed by atoms with E-state index in [0.29, 0.717) is 18.0 Å². The molecule has 2 aromatic carbocycles. The Balaban J connectivity index is 1.74. The number of methoxy groups -OCH3 is 1. The molecule has 1 atom stereocenters. The zero-order valence-electron chi connectivity index (χ0n) is 13.9. The smallest absolute Gasteiger partial charge is 0.260 e. The fraction of sp³-hybridized carbons (Fsp3) is 0.316. The van der Waals surface area contributed by atoms with Gasteiger partial charge in [-0.1, -0.05) is 24.3 Å². The topological polar surface area (TPSA) is 47.6 Å². The number of hydrogen-bond acceptors (Lipinski definition) is 3. The fourth-order valence-electron chi connectivity index (χ4n) is 2.26. The van der Waals surface area contributed by atoms with Crippen molar-refractivity contribution in [3.63, 3.8) is 0 Å². The lowest BCUT2D eigenvalue weighted by Crippen LogP contribution is -2.37. The first-order valence-corrected chi connectivity index (χ1v) is 7.92. The van der Waals surface area contributed by atoms with Gasteiger partial charge < -0.3 is 14.8 Å². The summed E-state index contributed by atoms with van der Waals surface area (Å²) in [7, 11) is 1.56. The number of carbonyl (C=O) groups is 1. The largest absolute Gasteiger partial charge is 0.493 e. The monoisotopic (exact) mass is 331 g/mol. The summed E-state index contributed by atoms with van der Waals surface area (Å²) in [6.45, 7) is 2.23. The highest BCUT2D eigenvalue weighted by atomic mass is 19.1. The van der Waals surface area contributed by atoms with E-state index in [1.165, 1.54) is 12.1 Å². The van der Waals surface area contributed by atoms with E-state index >= 15 is 0 Å². The van der Waals surface area contributed by atoms with Crippen LogP contribution in [-0.2, 0) is 11.2 Å². The zero-order chi connectivity index (χ0) is 17.4. The van der Waals surface area contributed by atoms with Gasteiger partial charge in [-0.05, 0) is 49.6 Å². The molecule has 0 saturated heterocycles. The number of aryl methyl sites for hydroxylation is 1. The highest BCUT2D eigenvalue weighted by molar-refractivity contribution is 5.80. The van der Waals surface area contributed by atoms with Gasteiger partial charge in [0, 0.05) is 6.54 Å². The Hall–Kier alpha value is -2.56. The fourth-order valence-corrected chi connectivity index (χ4v) is 2.26. The molecule has 128 valence electrons. The Labute approximate surface area is 141 Å². The minimum Gasteiger partial charge on any atom is -0.493 e. The second-order valence-electron chi connectivity index (χ2n) is 5.43. The number of rotatable bonds is 8. The van der Waals surface area contributed by atoms with Gasteiger partial charge in [-0.3, -0.25) is 4.79 Å². The Kier molecular flexibility index (Phi) is 6.61. The van der Waals surface area contributed by atoms with Gasteiger partial charge in [-0.15, -0.1) is 0 Å². The summed E-state index contributed by atoms with van der Waals surface area (Å²) >= 11 is 0. The van der Waals surface area contributed by atoms with Crippen LogP contribution in [0.2, 0.25) is 0 Å². The third-order valence-corrected chi connectivity index (χ3v) is 3.60. The van der Waals surface area contributed by atoms with Crippen molar-refractivity contribution in [1.82, 2.24) is 5.32 Å². The standard InChI is InChI=1S/C19H22FNO3/c1-14(24-18-8-4-3-7-17(18)23-2)19(22)21-13-5-6-15-9-11-16(20)12-10-15/h3-4,7-12,14H,5-6,13H2,1-2H3,(H,21,22). The summed E-state index contributed by atoms with van der Waals surface area (Å²) in [4.78, 5) is 12.1. The van der Waals surface area contributed by atoms with Gasteiger partial charge in [-0.25, -0.2) is 4.39 Å². The van der Waals surface area contributed by atoms with Gasteiger partial charge >= 0.3 is 0 Å². The molecule has 1 amide bonds. The number of nitrogens with one attached hydrogen (secondary N) is 1. The van der Waals surface area contributed by atoms with Crippen LogP contribution in [0.5, 0.6) is 11.5 Å². The Bertz CT molecular complexity index is 658. The maximum Gasteiger partial charge on any atom is 0.260 e. The zero-order valence-corrected chi connectivity index (χ0v) is 13.9. The molecule has 0 bridgehead atoms. The molecule has 0 heterocycles. The van der Waals surface area contributed by atoms with Crippen LogP contribution in [0.15, 0.2) is 48.5 Å². The molecule has 24 heavy (non-hydrogen) atoms. The van der Waals surface area contributed by atoms with Crippen LogP contribution in [0, 0.1) is 5.82 Å². The van der Waals surface area contributed by atoms with Gasteiger partial charge in [0.15, 0.2) is 17.6 Å². The second kappa shape index (κ2) is 8.91. The van der Waals surface area contributed by atoms with Crippen LogP contribution >= 0.6 is 0 Å². The van der Waals surface area contributed by atoms with E-state index in [2.05, 4.69) is 5.32 Å². The van der Waals surface area contributed by atoms with Crippen LogP contribution in [0.3, 0.4) is 0 Å². The molecular weight excluding hydrogens is 309 g/mol. The minimum absolute atomic E-state index is 0.181. The van der Waals surface area contributed by atoms with Crippen LogP contribution in [0.4, 0.5) is 4.39 Å². The van der Waals surface area contributed by atoms with Crippen molar-refractivity contribution in [2.45, 2.75) is 25.9 Å². The van der Waals surface area contributed by atoms with Crippen molar-refractivity contribution in [2.24, 2.45) is 0 Å². The molecule has 1 unspecified atom stereocenters. The Morgan fingerprint density at radius 1 is 1.12 bits per heavy atom. The molecule has 0 aliphatic heterocycles. The number of halogens is 1. The maximum atomic E-state index is 12.8. The average molecular weight is 331 g/mol. The van der Waals surface area contributed by atoms with Crippen molar-refractivity contribution in [1.29, 1.82) is 0 Å². The van der Waals surface area contributed by atoms with Crippen LogP contribution < -0.4 is 14.8 Å². The first kappa shape index (κ1) is 17.8. The average Bonchev–Trinajstić information content (AvgIpc) is 2.60. The van der Waals surface area contributed by atoms with Crippen LogP contribution in [0.25, 0.3) is 0 Å². The van der Waals surface area contributed by atoms with Gasteiger partial charge in [0.2, 0.25) is 0 Å². The lowest BCUT2D eigenvalue weighted by Gasteiger charge is -2.16. The molecule has 0 aromatic heterocycles. The summed E-state index contributed by atoms with van der Waals surface area (Å²) in [6.07, 6.45) is 0.938. The number of ether oxygens (including phenoxy) is 2. The van der Waals surface area contributed by atoms with Crippen LogP contribution in [0.1, 0.15) is 18.9 Å². The summed E-state index contributed by atoms with van der Waals surface area (Å²) < 4.78 is 23.7. The van der Waals surface area contributed by atoms with Crippen LogP contribution in [-0.4, -0.2) is 25.7 Å². The third kappa shape index (κ3) is 5.26. The van der Waals surface area contributed by atoms with Crippen molar-refractivity contribution < 1.29 is 18.7 Å². The van der Waals surface area contributed by atoms with Gasteiger partial charge in [0.1, 0.15) is 5.82 Å². The van der Waals surface area contributed by atoms with E-state index in [4.69, 9.17) is 9.47 Å². The predicted octanol–water partition coefficient (Wildman–Crippen LogP) is 3.35. The summed E-state index contributed by atoms with van der Waals surface area (Å²) in [5.74, 6) is 0.705. The number of benzene rings is 2. The Morgan fingerprint density at radius 2 is 1.79 bits per heavy atom. The van der Waals surface area contributed by atoms with E-state index in [0.717, 1.165) is 18.4 Å². The summed E-state index contributed by atoms with van der Waals surface area (Å²) in [5, 5.41) is 2.84. The van der Waals surface area contributed by atoms with Crippen molar-refractivity contribution in [3.8, 4) is 11.5 Å². The predicted molar refractivity (Wildman–Crippen MR) is 90.8 cm³/mol. The highest BCUT2D eigenvalue weighted by Crippen LogP contribution is 2.26. The van der Waals surface area contributed by atoms with Crippen molar-refractivity contribution in [3.05, 3.63) is 59.9 Å². The molecule has 0 aliphatic carbocycles. The maximum absolute atomic E-state index is 12.8. The van der Waals surface area contributed by atoms with E-state index < -0.39 is 6.10 Å². The number of para-hydroxylation sites is 2. The third-order valence-electron chi connectivity index (χ3n) is 3.60. The number of carbonyl (C=O) groups excluding carboxylic acids is 1. The molecule has 4 nitrogen and oxygen atoms in total. The molecule has 0 aliphatic rings. The summed E-state index contributed by atoms with van der Waals surface area (Å²) in [6, 6.07) is 13.6. The first-order valence-electron chi connectivity index (χ1n) is 7.92. The summed E-state index contributed by atoms with van der Waals surface area (Å²) in [5.41, 5.74) is 1.05. The molecule has 0 fully saturated rings. The van der Waals surface area contributed by atoms with Gasteiger partial charge in [0.25, 0.3) is 5.91 Å². The van der Waals surface area contributed by atoms with Gasteiger partial charge in [0.05, 0.1) is 7.11 Å². The molecule has 0 radical (unpaired) electrons. The highest BCUT2D eigenvalue weighted by Gasteiger charge is 2.15. The van der Waals surface area contributed by atoms with Crippen molar-refractivity contribution in [2.75, 3.05) is 13.7 Å². The Morgan fingerprint density at radius 3 is 2.46 bits per heavy atom. The van der Waals surface area contributed by atoms with E-state index in [-0.39, 0.29) is 11.7 Å². The number of amides is 1. The molecule has 2 rings (SSSR count). The SMILES string of the molecule is COc1ccccc1OC(C)C(=O)NCCCc1ccc(F)cc1. The van der Waals surface area contributed by atoms with Crippen molar-refractivity contribution >= 4 is 5.91 Å². The van der Waals surface area contributed by atoms with E-state index in [1.807, 2.05) is 12.1 Å². The first-order chi connectivity index (χ1) is 11.6. The molecule has 2 aromatic rings. The quantitative estimate of drug-likeness (QED) is 0.755. The second-order valence-corrected chi connectivity index (χ2v) is 5.43. The number of hydrogen-bond donors (Lipinski definition) is 1. The lowest BCUT2D eigenvalue weighted by atomic mass is 10.1.